The summed E-state index contributed by atoms with van der Waals surface area (Å²) in [6.45, 7) is 6.37. The molecule has 0 radical (unpaired) electrons. The van der Waals surface area contributed by atoms with Crippen molar-refractivity contribution >= 4 is 28.5 Å². The van der Waals surface area contributed by atoms with E-state index in [9.17, 15) is 9.59 Å². The van der Waals surface area contributed by atoms with Crippen molar-refractivity contribution in [1.29, 1.82) is 0 Å². The number of hydrogen-bond donors (Lipinski definition) is 1. The number of para-hydroxylation sites is 1. The number of nitrogens with zero attached hydrogens (tertiary/aromatic N) is 2. The number of rotatable bonds is 6. The van der Waals surface area contributed by atoms with Crippen molar-refractivity contribution in [3.05, 3.63) is 59.3 Å². The van der Waals surface area contributed by atoms with Crippen LogP contribution in [0.5, 0.6) is 11.5 Å². The molecule has 5 rings (SSSR count). The quantitative estimate of drug-likeness (QED) is 0.557. The first-order chi connectivity index (χ1) is 16.5. The fraction of sp³-hybridized carbons (Fsp3) is 0.346. The van der Waals surface area contributed by atoms with Crippen LogP contribution < -0.4 is 14.8 Å². The fourth-order valence-corrected chi connectivity index (χ4v) is 4.48. The van der Waals surface area contributed by atoms with E-state index in [4.69, 9.17) is 19.2 Å². The summed E-state index contributed by atoms with van der Waals surface area (Å²) in [5, 5.41) is 3.52. The molecule has 3 heterocycles. The summed E-state index contributed by atoms with van der Waals surface area (Å²) in [7, 11) is 0. The van der Waals surface area contributed by atoms with Crippen molar-refractivity contribution in [2.45, 2.75) is 39.3 Å². The number of esters is 1. The number of anilines is 1. The van der Waals surface area contributed by atoms with Crippen molar-refractivity contribution in [2.24, 2.45) is 0 Å². The molecule has 34 heavy (non-hydrogen) atoms. The van der Waals surface area contributed by atoms with Gasteiger partial charge in [-0.3, -0.25) is 14.7 Å². The number of hydrogen-bond acceptors (Lipinski definition) is 7. The van der Waals surface area contributed by atoms with E-state index in [0.29, 0.717) is 29.3 Å². The molecular formula is C26H27N3O5. The van der Waals surface area contributed by atoms with Crippen LogP contribution in [0.15, 0.2) is 42.5 Å². The molecule has 0 saturated heterocycles. The van der Waals surface area contributed by atoms with Crippen LogP contribution >= 0.6 is 0 Å². The Balaban J connectivity index is 1.38. The molecular weight excluding hydrogens is 434 g/mol. The van der Waals surface area contributed by atoms with Gasteiger partial charge in [0.1, 0.15) is 0 Å². The lowest BCUT2D eigenvalue weighted by Crippen LogP contribution is -2.34. The monoisotopic (exact) mass is 461 g/mol. The highest BCUT2D eigenvalue weighted by atomic mass is 16.7. The number of fused-ring (bicyclic) bond motifs is 3. The molecule has 8 heteroatoms. The molecule has 0 fully saturated rings. The Morgan fingerprint density at radius 2 is 2.00 bits per heavy atom. The minimum absolute atomic E-state index is 0.153. The summed E-state index contributed by atoms with van der Waals surface area (Å²) < 4.78 is 16.3. The molecule has 1 atom stereocenters. The maximum Gasteiger partial charge on any atom is 0.339 e. The van der Waals surface area contributed by atoms with Crippen molar-refractivity contribution in [2.75, 3.05) is 25.2 Å². The summed E-state index contributed by atoms with van der Waals surface area (Å²) in [6, 6.07) is 12.7. The molecule has 8 nitrogen and oxygen atoms in total. The highest BCUT2D eigenvalue weighted by Crippen LogP contribution is 2.34. The first kappa shape index (κ1) is 22.2. The van der Waals surface area contributed by atoms with Crippen LogP contribution in [0.2, 0.25) is 0 Å². The van der Waals surface area contributed by atoms with E-state index in [1.807, 2.05) is 24.3 Å². The third-order valence-electron chi connectivity index (χ3n) is 6.16. The molecule has 176 valence electrons. The van der Waals surface area contributed by atoms with Crippen LogP contribution in [0.3, 0.4) is 0 Å². The first-order valence-electron chi connectivity index (χ1n) is 11.6. The zero-order valence-corrected chi connectivity index (χ0v) is 19.3. The van der Waals surface area contributed by atoms with E-state index in [-0.39, 0.29) is 6.79 Å². The molecule has 0 bridgehead atoms. The molecule has 1 amide bonds. The molecule has 0 aliphatic carbocycles. The second-order valence-corrected chi connectivity index (χ2v) is 8.56. The third-order valence-corrected chi connectivity index (χ3v) is 6.16. The number of carbonyl (C=O) groups is 2. The lowest BCUT2D eigenvalue weighted by atomic mass is 9.95. The highest BCUT2D eigenvalue weighted by molar-refractivity contribution is 6.06. The second kappa shape index (κ2) is 9.30. The minimum Gasteiger partial charge on any atom is -0.454 e. The minimum atomic E-state index is -0.990. The van der Waals surface area contributed by atoms with E-state index in [1.165, 1.54) is 0 Å². The predicted molar refractivity (Wildman–Crippen MR) is 127 cm³/mol. The van der Waals surface area contributed by atoms with E-state index in [1.54, 1.807) is 25.1 Å². The van der Waals surface area contributed by atoms with Gasteiger partial charge < -0.3 is 19.5 Å². The average Bonchev–Trinajstić information content (AvgIpc) is 3.30. The number of pyridine rings is 1. The summed E-state index contributed by atoms with van der Waals surface area (Å²) in [5.74, 6) is 0.256. The van der Waals surface area contributed by atoms with E-state index < -0.39 is 18.0 Å². The Kier molecular flexibility index (Phi) is 6.06. The third kappa shape index (κ3) is 4.28. The van der Waals surface area contributed by atoms with Gasteiger partial charge in [0.2, 0.25) is 6.79 Å². The number of benzene rings is 2. The zero-order chi connectivity index (χ0) is 23.7. The highest BCUT2D eigenvalue weighted by Gasteiger charge is 2.28. The zero-order valence-electron chi connectivity index (χ0n) is 19.3. The molecule has 2 aromatic carbocycles. The molecule has 1 unspecified atom stereocenters. The molecule has 1 aromatic heterocycles. The van der Waals surface area contributed by atoms with E-state index in [0.717, 1.165) is 48.1 Å². The van der Waals surface area contributed by atoms with Gasteiger partial charge >= 0.3 is 5.97 Å². The maximum atomic E-state index is 13.4. The van der Waals surface area contributed by atoms with Gasteiger partial charge in [-0.1, -0.05) is 25.1 Å². The van der Waals surface area contributed by atoms with Crippen LogP contribution in [0, 0.1) is 0 Å². The van der Waals surface area contributed by atoms with Crippen molar-refractivity contribution in [3.63, 3.8) is 0 Å². The number of nitrogens with one attached hydrogen (secondary N) is 1. The Hall–Kier alpha value is -3.65. The molecule has 2 aliphatic rings. The van der Waals surface area contributed by atoms with Gasteiger partial charge in [0.25, 0.3) is 5.91 Å². The van der Waals surface area contributed by atoms with Crippen LogP contribution in [0.1, 0.15) is 41.9 Å². The Labute approximate surface area is 197 Å². The summed E-state index contributed by atoms with van der Waals surface area (Å²) in [5.41, 5.74) is 3.63. The van der Waals surface area contributed by atoms with E-state index in [2.05, 4.69) is 17.1 Å². The van der Waals surface area contributed by atoms with Gasteiger partial charge in [0.15, 0.2) is 17.6 Å². The molecule has 0 spiro atoms. The van der Waals surface area contributed by atoms with Gasteiger partial charge in [-0.25, -0.2) is 4.79 Å². The predicted octanol–water partition coefficient (Wildman–Crippen LogP) is 3.92. The van der Waals surface area contributed by atoms with Crippen LogP contribution in [-0.4, -0.2) is 47.7 Å². The second-order valence-electron chi connectivity index (χ2n) is 8.56. The molecule has 0 saturated carbocycles. The Bertz CT molecular complexity index is 1260. The summed E-state index contributed by atoms with van der Waals surface area (Å²) in [6.07, 6.45) is 0.823. The van der Waals surface area contributed by atoms with Gasteiger partial charge in [-0.2, -0.15) is 0 Å². The van der Waals surface area contributed by atoms with E-state index >= 15 is 0 Å². The normalized spacial score (nSPS) is 15.6. The Morgan fingerprint density at radius 3 is 2.85 bits per heavy atom. The van der Waals surface area contributed by atoms with Gasteiger partial charge in [-0.15, -0.1) is 0 Å². The molecule has 3 aromatic rings. The Morgan fingerprint density at radius 1 is 1.18 bits per heavy atom. The van der Waals surface area contributed by atoms with Gasteiger partial charge in [0.05, 0.1) is 11.1 Å². The largest absolute Gasteiger partial charge is 0.454 e. The van der Waals surface area contributed by atoms with Gasteiger partial charge in [-0.05, 0) is 38.1 Å². The fourth-order valence-electron chi connectivity index (χ4n) is 4.48. The SMILES string of the molecule is CCCN1CCc2nc3ccccc3c(C(=O)OC(C)C(=O)Nc3ccc4c(c3)OCO4)c2C1. The van der Waals surface area contributed by atoms with Gasteiger partial charge in [0, 0.05) is 47.9 Å². The number of carbonyl (C=O) groups excluding carboxylic acids is 2. The smallest absolute Gasteiger partial charge is 0.339 e. The van der Waals surface area contributed by atoms with Crippen LogP contribution in [-0.2, 0) is 22.5 Å². The lowest BCUT2D eigenvalue weighted by Gasteiger charge is -2.29. The number of amides is 1. The average molecular weight is 462 g/mol. The topological polar surface area (TPSA) is 90.0 Å². The standard InChI is InChI=1S/C26H27N3O5/c1-3-11-29-12-10-21-19(14-29)24(18-6-4-5-7-20(18)28-21)26(31)34-16(2)25(30)27-17-8-9-22-23(13-17)33-15-32-22/h4-9,13,16H,3,10-12,14-15H2,1-2H3,(H,27,30). The van der Waals surface area contributed by atoms with Crippen molar-refractivity contribution < 1.29 is 23.8 Å². The first-order valence-corrected chi connectivity index (χ1v) is 11.6. The van der Waals surface area contributed by atoms with Crippen molar-refractivity contribution in [1.82, 2.24) is 9.88 Å². The summed E-state index contributed by atoms with van der Waals surface area (Å²) >= 11 is 0. The van der Waals surface area contributed by atoms with Crippen molar-refractivity contribution in [3.8, 4) is 11.5 Å². The molecule has 1 N–H and O–H groups in total. The maximum absolute atomic E-state index is 13.4. The van der Waals surface area contributed by atoms with Crippen LogP contribution in [0.4, 0.5) is 5.69 Å². The molecule has 2 aliphatic heterocycles. The van der Waals surface area contributed by atoms with Crippen LogP contribution in [0.25, 0.3) is 10.9 Å². The number of aromatic nitrogens is 1. The summed E-state index contributed by atoms with van der Waals surface area (Å²) in [4.78, 5) is 33.4. The number of ether oxygens (including phenoxy) is 3. The lowest BCUT2D eigenvalue weighted by molar-refractivity contribution is -0.123.